The largest absolute Gasteiger partial charge is 0.481 e. The Bertz CT molecular complexity index is 570. The van der Waals surface area contributed by atoms with Crippen molar-refractivity contribution in [3.63, 3.8) is 0 Å². The Labute approximate surface area is 107 Å². The molecule has 0 fully saturated rings. The van der Waals surface area contributed by atoms with Crippen LogP contribution in [0.25, 0.3) is 0 Å². The lowest BCUT2D eigenvalue weighted by atomic mass is 10.2. The topological polar surface area (TPSA) is 31.4 Å². The minimum absolute atomic E-state index is 0.0654. The van der Waals surface area contributed by atoms with Gasteiger partial charge in [0, 0.05) is 12.1 Å². The normalized spacial score (nSPS) is 11.2. The van der Waals surface area contributed by atoms with Crippen molar-refractivity contribution in [2.45, 2.75) is 6.18 Å². The molecule has 100 valence electrons. The van der Waals surface area contributed by atoms with E-state index in [1.54, 1.807) is 12.1 Å². The molecular formula is C13H10F3NO2. The van der Waals surface area contributed by atoms with Gasteiger partial charge >= 0.3 is 6.18 Å². The van der Waals surface area contributed by atoms with E-state index in [2.05, 4.69) is 4.98 Å². The van der Waals surface area contributed by atoms with Gasteiger partial charge in [-0.1, -0.05) is 12.1 Å². The van der Waals surface area contributed by atoms with Gasteiger partial charge < -0.3 is 9.47 Å². The van der Waals surface area contributed by atoms with Crippen LogP contribution in [-0.2, 0) is 6.18 Å². The van der Waals surface area contributed by atoms with Gasteiger partial charge in [0.25, 0.3) is 0 Å². The highest BCUT2D eigenvalue weighted by atomic mass is 19.4. The number of pyridine rings is 1. The van der Waals surface area contributed by atoms with Crippen molar-refractivity contribution in [3.8, 4) is 17.5 Å². The van der Waals surface area contributed by atoms with Gasteiger partial charge in [0.1, 0.15) is 5.75 Å². The minimum Gasteiger partial charge on any atom is -0.481 e. The predicted octanol–water partition coefficient (Wildman–Crippen LogP) is 3.90. The lowest BCUT2D eigenvalue weighted by molar-refractivity contribution is -0.137. The SMILES string of the molecule is COc1cccc(Oc2cccc(C(F)(F)F)c2)n1. The maximum atomic E-state index is 12.5. The van der Waals surface area contributed by atoms with E-state index >= 15 is 0 Å². The van der Waals surface area contributed by atoms with Crippen molar-refractivity contribution in [3.05, 3.63) is 48.0 Å². The predicted molar refractivity (Wildman–Crippen MR) is 62.3 cm³/mol. The van der Waals surface area contributed by atoms with Gasteiger partial charge in [0.15, 0.2) is 0 Å². The van der Waals surface area contributed by atoms with E-state index < -0.39 is 11.7 Å². The molecule has 0 saturated heterocycles. The monoisotopic (exact) mass is 269 g/mol. The van der Waals surface area contributed by atoms with Crippen LogP contribution in [0.4, 0.5) is 13.2 Å². The number of rotatable bonds is 3. The van der Waals surface area contributed by atoms with Gasteiger partial charge in [0.2, 0.25) is 11.8 Å². The number of nitrogens with zero attached hydrogens (tertiary/aromatic N) is 1. The van der Waals surface area contributed by atoms with Gasteiger partial charge in [-0.3, -0.25) is 0 Å². The van der Waals surface area contributed by atoms with E-state index in [-0.39, 0.29) is 11.6 Å². The van der Waals surface area contributed by atoms with Crippen LogP contribution in [0.15, 0.2) is 42.5 Å². The summed E-state index contributed by atoms with van der Waals surface area (Å²) in [5.74, 6) is 0.554. The molecule has 0 bridgehead atoms. The molecule has 2 rings (SSSR count). The Balaban J connectivity index is 2.23. The Morgan fingerprint density at radius 2 is 1.68 bits per heavy atom. The average molecular weight is 269 g/mol. The Morgan fingerprint density at radius 1 is 1.00 bits per heavy atom. The summed E-state index contributed by atoms with van der Waals surface area (Å²) < 4.78 is 47.8. The number of hydrogen-bond donors (Lipinski definition) is 0. The van der Waals surface area contributed by atoms with Gasteiger partial charge in [-0.15, -0.1) is 0 Å². The Hall–Kier alpha value is -2.24. The zero-order valence-electron chi connectivity index (χ0n) is 9.94. The lowest BCUT2D eigenvalue weighted by Crippen LogP contribution is -2.04. The summed E-state index contributed by atoms with van der Waals surface area (Å²) in [6.45, 7) is 0. The van der Waals surface area contributed by atoms with Crippen molar-refractivity contribution >= 4 is 0 Å². The number of alkyl halides is 3. The van der Waals surface area contributed by atoms with E-state index in [1.165, 1.54) is 25.3 Å². The van der Waals surface area contributed by atoms with Crippen molar-refractivity contribution in [2.75, 3.05) is 7.11 Å². The molecule has 0 atom stereocenters. The average Bonchev–Trinajstić information content (AvgIpc) is 2.38. The van der Waals surface area contributed by atoms with Crippen LogP contribution in [-0.4, -0.2) is 12.1 Å². The van der Waals surface area contributed by atoms with Crippen LogP contribution in [0, 0.1) is 0 Å². The molecule has 0 aliphatic carbocycles. The van der Waals surface area contributed by atoms with E-state index in [0.717, 1.165) is 12.1 Å². The van der Waals surface area contributed by atoms with Crippen LogP contribution in [0.2, 0.25) is 0 Å². The van der Waals surface area contributed by atoms with Gasteiger partial charge in [-0.05, 0) is 18.2 Å². The third-order valence-corrected chi connectivity index (χ3v) is 2.29. The third kappa shape index (κ3) is 3.37. The first-order valence-corrected chi connectivity index (χ1v) is 5.35. The van der Waals surface area contributed by atoms with Crippen LogP contribution >= 0.6 is 0 Å². The summed E-state index contributed by atoms with van der Waals surface area (Å²) in [5, 5.41) is 0. The molecule has 0 saturated carbocycles. The number of benzene rings is 1. The van der Waals surface area contributed by atoms with E-state index in [4.69, 9.17) is 9.47 Å². The van der Waals surface area contributed by atoms with Gasteiger partial charge in [-0.2, -0.15) is 18.2 Å². The van der Waals surface area contributed by atoms with Crippen molar-refractivity contribution in [2.24, 2.45) is 0 Å². The number of halogens is 3. The first kappa shape index (κ1) is 13.2. The molecule has 3 nitrogen and oxygen atoms in total. The van der Waals surface area contributed by atoms with Crippen LogP contribution in [0.1, 0.15) is 5.56 Å². The van der Waals surface area contributed by atoms with Crippen molar-refractivity contribution in [1.29, 1.82) is 0 Å². The molecule has 0 aliphatic rings. The van der Waals surface area contributed by atoms with Crippen molar-refractivity contribution in [1.82, 2.24) is 4.98 Å². The molecule has 0 radical (unpaired) electrons. The summed E-state index contributed by atoms with van der Waals surface area (Å²) >= 11 is 0. The molecule has 2 aromatic rings. The van der Waals surface area contributed by atoms with Gasteiger partial charge in [0.05, 0.1) is 12.7 Å². The Kier molecular flexibility index (Phi) is 3.59. The molecule has 19 heavy (non-hydrogen) atoms. The first-order chi connectivity index (χ1) is 8.99. The molecule has 1 aromatic heterocycles. The maximum Gasteiger partial charge on any atom is 0.416 e. The number of methoxy groups -OCH3 is 1. The standard InChI is InChI=1S/C13H10F3NO2/c1-18-11-6-3-7-12(17-11)19-10-5-2-4-9(8-10)13(14,15)16/h2-8H,1H3. The molecule has 0 aliphatic heterocycles. The number of hydrogen-bond acceptors (Lipinski definition) is 3. The second-order valence-corrected chi connectivity index (χ2v) is 3.65. The second kappa shape index (κ2) is 5.17. The zero-order chi connectivity index (χ0) is 13.9. The highest BCUT2D eigenvalue weighted by Gasteiger charge is 2.30. The smallest absolute Gasteiger partial charge is 0.416 e. The Morgan fingerprint density at radius 3 is 2.37 bits per heavy atom. The summed E-state index contributed by atoms with van der Waals surface area (Å²) in [7, 11) is 1.44. The fourth-order valence-electron chi connectivity index (χ4n) is 1.42. The second-order valence-electron chi connectivity index (χ2n) is 3.65. The molecule has 6 heteroatoms. The molecule has 0 spiro atoms. The molecule has 0 N–H and O–H groups in total. The summed E-state index contributed by atoms with van der Waals surface area (Å²) in [6.07, 6.45) is -4.40. The minimum atomic E-state index is -4.40. The molecule has 0 amide bonds. The van der Waals surface area contributed by atoms with E-state index in [9.17, 15) is 13.2 Å². The van der Waals surface area contributed by atoms with Gasteiger partial charge in [-0.25, -0.2) is 0 Å². The third-order valence-electron chi connectivity index (χ3n) is 2.29. The molecule has 1 aromatic carbocycles. The van der Waals surface area contributed by atoms with E-state index in [0.29, 0.717) is 5.88 Å². The van der Waals surface area contributed by atoms with Crippen LogP contribution in [0.5, 0.6) is 17.5 Å². The molecular weight excluding hydrogens is 259 g/mol. The van der Waals surface area contributed by atoms with Crippen LogP contribution < -0.4 is 9.47 Å². The molecule has 1 heterocycles. The fraction of sp³-hybridized carbons (Fsp3) is 0.154. The summed E-state index contributed by atoms with van der Waals surface area (Å²) in [6, 6.07) is 9.37. The maximum absolute atomic E-state index is 12.5. The zero-order valence-corrected chi connectivity index (χ0v) is 9.94. The number of ether oxygens (including phenoxy) is 2. The highest BCUT2D eigenvalue weighted by Crippen LogP contribution is 2.32. The first-order valence-electron chi connectivity index (χ1n) is 5.35. The van der Waals surface area contributed by atoms with Crippen molar-refractivity contribution < 1.29 is 22.6 Å². The van der Waals surface area contributed by atoms with E-state index in [1.807, 2.05) is 0 Å². The lowest BCUT2D eigenvalue weighted by Gasteiger charge is -2.09. The quantitative estimate of drug-likeness (QED) is 0.846. The number of aromatic nitrogens is 1. The fourth-order valence-corrected chi connectivity index (χ4v) is 1.42. The highest BCUT2D eigenvalue weighted by molar-refractivity contribution is 5.33. The van der Waals surface area contributed by atoms with Crippen LogP contribution in [0.3, 0.4) is 0 Å². The molecule has 0 unspecified atom stereocenters. The summed E-state index contributed by atoms with van der Waals surface area (Å²) in [4.78, 5) is 3.95. The summed E-state index contributed by atoms with van der Waals surface area (Å²) in [5.41, 5.74) is -0.770.